The molecule has 1 atom stereocenters. The van der Waals surface area contributed by atoms with Crippen LogP contribution in [-0.4, -0.2) is 31.1 Å². The first-order chi connectivity index (χ1) is 9.27. The highest BCUT2D eigenvalue weighted by Crippen LogP contribution is 2.44. The minimum Gasteiger partial charge on any atom is -0.314 e. The predicted octanol–water partition coefficient (Wildman–Crippen LogP) is 3.65. The molecule has 1 heterocycles. The number of benzene rings is 1. The molecule has 0 amide bonds. The van der Waals surface area contributed by atoms with Crippen LogP contribution in [0.15, 0.2) is 18.2 Å². The van der Waals surface area contributed by atoms with Crippen LogP contribution in [0.2, 0.25) is 5.02 Å². The van der Waals surface area contributed by atoms with Gasteiger partial charge in [0.15, 0.2) is 0 Å². The van der Waals surface area contributed by atoms with Crippen LogP contribution < -0.4 is 5.32 Å². The summed E-state index contributed by atoms with van der Waals surface area (Å²) in [7, 11) is 0. The zero-order valence-electron chi connectivity index (χ0n) is 11.4. The SMILES string of the molecule is Cl.Fc1cccc(Cl)c1[C@@H](C1CCC1)N1CCNCC1. The number of rotatable bonds is 3. The molecule has 0 spiro atoms. The topological polar surface area (TPSA) is 15.3 Å². The molecule has 20 heavy (non-hydrogen) atoms. The van der Waals surface area contributed by atoms with Gasteiger partial charge in [0, 0.05) is 42.8 Å². The smallest absolute Gasteiger partial charge is 0.129 e. The second-order valence-corrected chi connectivity index (χ2v) is 5.96. The number of halogens is 3. The van der Waals surface area contributed by atoms with Crippen molar-refractivity contribution in [2.75, 3.05) is 26.2 Å². The van der Waals surface area contributed by atoms with E-state index in [1.165, 1.54) is 25.3 Å². The Morgan fingerprint density at radius 2 is 1.95 bits per heavy atom. The summed E-state index contributed by atoms with van der Waals surface area (Å²) in [5.41, 5.74) is 0.718. The van der Waals surface area contributed by atoms with Gasteiger partial charge >= 0.3 is 0 Å². The Labute approximate surface area is 131 Å². The Morgan fingerprint density at radius 1 is 1.25 bits per heavy atom. The first-order valence-electron chi connectivity index (χ1n) is 7.16. The maximum atomic E-state index is 14.2. The van der Waals surface area contributed by atoms with Gasteiger partial charge < -0.3 is 5.32 Å². The highest BCUT2D eigenvalue weighted by molar-refractivity contribution is 6.31. The summed E-state index contributed by atoms with van der Waals surface area (Å²) in [5, 5.41) is 3.94. The number of hydrogen-bond acceptors (Lipinski definition) is 2. The fourth-order valence-electron chi connectivity index (χ4n) is 3.23. The molecule has 112 valence electrons. The van der Waals surface area contributed by atoms with Crippen LogP contribution in [0.4, 0.5) is 4.39 Å². The van der Waals surface area contributed by atoms with Gasteiger partial charge in [0.1, 0.15) is 5.82 Å². The normalized spacial score (nSPS) is 21.9. The third kappa shape index (κ3) is 3.11. The standard InChI is InChI=1S/C15H20ClFN2.ClH/c16-12-5-2-6-13(17)14(12)15(11-3-1-4-11)19-9-7-18-8-10-19;/h2,5-6,11,15,18H,1,3-4,7-10H2;1H/t15-;/m1./s1. The molecule has 1 aromatic rings. The zero-order chi connectivity index (χ0) is 13.2. The summed E-state index contributed by atoms with van der Waals surface area (Å²) in [4.78, 5) is 2.41. The molecule has 1 saturated carbocycles. The minimum absolute atomic E-state index is 0. The van der Waals surface area contributed by atoms with Gasteiger partial charge in [-0.15, -0.1) is 12.4 Å². The monoisotopic (exact) mass is 318 g/mol. The van der Waals surface area contributed by atoms with Crippen molar-refractivity contribution in [3.8, 4) is 0 Å². The van der Waals surface area contributed by atoms with Crippen LogP contribution in [0.25, 0.3) is 0 Å². The van der Waals surface area contributed by atoms with E-state index in [0.717, 1.165) is 31.7 Å². The van der Waals surface area contributed by atoms with Gasteiger partial charge in [-0.2, -0.15) is 0 Å². The Kier molecular flexibility index (Phi) is 5.67. The van der Waals surface area contributed by atoms with Gasteiger partial charge in [0.25, 0.3) is 0 Å². The fourth-order valence-corrected chi connectivity index (χ4v) is 3.50. The molecule has 0 bridgehead atoms. The van der Waals surface area contributed by atoms with Crippen molar-refractivity contribution >= 4 is 24.0 Å². The summed E-state index contributed by atoms with van der Waals surface area (Å²) >= 11 is 6.29. The maximum absolute atomic E-state index is 14.2. The van der Waals surface area contributed by atoms with Crippen LogP contribution in [0.1, 0.15) is 30.9 Å². The van der Waals surface area contributed by atoms with Crippen molar-refractivity contribution in [2.45, 2.75) is 25.3 Å². The second kappa shape index (κ2) is 7.08. The van der Waals surface area contributed by atoms with Crippen LogP contribution in [0.3, 0.4) is 0 Å². The molecule has 1 saturated heterocycles. The number of nitrogens with zero attached hydrogens (tertiary/aromatic N) is 1. The first kappa shape index (κ1) is 16.0. The lowest BCUT2D eigenvalue weighted by Gasteiger charge is -2.43. The van der Waals surface area contributed by atoms with Crippen molar-refractivity contribution in [1.29, 1.82) is 0 Å². The lowest BCUT2D eigenvalue weighted by Crippen LogP contribution is -2.48. The van der Waals surface area contributed by atoms with E-state index in [9.17, 15) is 4.39 Å². The molecule has 2 nitrogen and oxygen atoms in total. The maximum Gasteiger partial charge on any atom is 0.129 e. The van der Waals surface area contributed by atoms with Gasteiger partial charge in [-0.3, -0.25) is 4.90 Å². The lowest BCUT2D eigenvalue weighted by atomic mass is 9.76. The Bertz CT molecular complexity index is 425. The minimum atomic E-state index is -0.150. The van der Waals surface area contributed by atoms with Gasteiger partial charge in [0.05, 0.1) is 0 Å². The van der Waals surface area contributed by atoms with Crippen molar-refractivity contribution in [3.63, 3.8) is 0 Å². The van der Waals surface area contributed by atoms with Gasteiger partial charge in [0.2, 0.25) is 0 Å². The van der Waals surface area contributed by atoms with Crippen LogP contribution in [-0.2, 0) is 0 Å². The van der Waals surface area contributed by atoms with E-state index < -0.39 is 0 Å². The molecule has 0 unspecified atom stereocenters. The molecule has 1 aliphatic heterocycles. The molecule has 1 aliphatic carbocycles. The lowest BCUT2D eigenvalue weighted by molar-refractivity contribution is 0.0812. The Balaban J connectivity index is 0.00000147. The first-order valence-corrected chi connectivity index (χ1v) is 7.54. The number of nitrogens with one attached hydrogen (secondary N) is 1. The highest BCUT2D eigenvalue weighted by Gasteiger charge is 2.36. The average Bonchev–Trinajstić information content (AvgIpc) is 2.36. The molecular weight excluding hydrogens is 298 g/mol. The third-order valence-electron chi connectivity index (χ3n) is 4.44. The predicted molar refractivity (Wildman–Crippen MR) is 83.2 cm³/mol. The van der Waals surface area contributed by atoms with Gasteiger partial charge in [-0.1, -0.05) is 24.1 Å². The van der Waals surface area contributed by atoms with E-state index in [-0.39, 0.29) is 24.3 Å². The molecule has 0 radical (unpaired) electrons. The molecule has 1 N–H and O–H groups in total. The van der Waals surface area contributed by atoms with E-state index in [1.54, 1.807) is 6.07 Å². The number of hydrogen-bond donors (Lipinski definition) is 1. The zero-order valence-corrected chi connectivity index (χ0v) is 13.0. The highest BCUT2D eigenvalue weighted by atomic mass is 35.5. The number of piperazine rings is 1. The van der Waals surface area contributed by atoms with E-state index in [1.807, 2.05) is 6.07 Å². The molecule has 0 aromatic heterocycles. The molecule has 5 heteroatoms. The molecule has 2 fully saturated rings. The van der Waals surface area contributed by atoms with Gasteiger partial charge in [-0.05, 0) is 30.9 Å². The van der Waals surface area contributed by atoms with Crippen LogP contribution >= 0.6 is 24.0 Å². The van der Waals surface area contributed by atoms with Crippen molar-refractivity contribution in [1.82, 2.24) is 10.2 Å². The molecule has 2 aliphatic rings. The second-order valence-electron chi connectivity index (χ2n) is 5.56. The summed E-state index contributed by atoms with van der Waals surface area (Å²) < 4.78 is 14.2. The quantitative estimate of drug-likeness (QED) is 0.915. The van der Waals surface area contributed by atoms with E-state index in [0.29, 0.717) is 10.9 Å². The summed E-state index contributed by atoms with van der Waals surface area (Å²) in [6, 6.07) is 5.20. The van der Waals surface area contributed by atoms with Crippen molar-refractivity contribution in [3.05, 3.63) is 34.6 Å². The largest absolute Gasteiger partial charge is 0.314 e. The van der Waals surface area contributed by atoms with E-state index in [4.69, 9.17) is 11.6 Å². The molecule has 3 rings (SSSR count). The fraction of sp³-hybridized carbons (Fsp3) is 0.600. The Hall–Kier alpha value is -0.350. The van der Waals surface area contributed by atoms with Crippen LogP contribution in [0, 0.1) is 11.7 Å². The van der Waals surface area contributed by atoms with Crippen molar-refractivity contribution in [2.24, 2.45) is 5.92 Å². The third-order valence-corrected chi connectivity index (χ3v) is 4.77. The van der Waals surface area contributed by atoms with Crippen molar-refractivity contribution < 1.29 is 4.39 Å². The van der Waals surface area contributed by atoms with Crippen LogP contribution in [0.5, 0.6) is 0 Å². The Morgan fingerprint density at radius 3 is 2.50 bits per heavy atom. The summed E-state index contributed by atoms with van der Waals surface area (Å²) in [6.07, 6.45) is 3.65. The van der Waals surface area contributed by atoms with E-state index in [2.05, 4.69) is 10.2 Å². The summed E-state index contributed by atoms with van der Waals surface area (Å²) in [6.45, 7) is 3.92. The molecular formula is C15H21Cl2FN2. The summed E-state index contributed by atoms with van der Waals surface area (Å²) in [5.74, 6) is 0.412. The van der Waals surface area contributed by atoms with Gasteiger partial charge in [-0.25, -0.2) is 4.39 Å². The average molecular weight is 319 g/mol. The molecule has 1 aromatic carbocycles. The van der Waals surface area contributed by atoms with E-state index >= 15 is 0 Å².